The summed E-state index contributed by atoms with van der Waals surface area (Å²) in [6.07, 6.45) is 1.23. The molecule has 0 bridgehead atoms. The van der Waals surface area contributed by atoms with E-state index in [1.54, 1.807) is 24.4 Å². The number of halogens is 3. The summed E-state index contributed by atoms with van der Waals surface area (Å²) in [5.41, 5.74) is 0.596. The maximum Gasteiger partial charge on any atom is 0.573 e. The zero-order chi connectivity index (χ0) is 28.5. The van der Waals surface area contributed by atoms with Crippen molar-refractivity contribution >= 4 is 23.4 Å². The Morgan fingerprint density at radius 3 is 2.50 bits per heavy atom. The molecule has 0 spiro atoms. The number of hydrogen-bond donors (Lipinski definition) is 3. The van der Waals surface area contributed by atoms with Gasteiger partial charge in [-0.3, -0.25) is 19.9 Å². The summed E-state index contributed by atoms with van der Waals surface area (Å²) in [7, 11) is 0. The third kappa shape index (κ3) is 8.51. The van der Waals surface area contributed by atoms with Crippen molar-refractivity contribution in [2.75, 3.05) is 17.2 Å². The van der Waals surface area contributed by atoms with Crippen molar-refractivity contribution in [1.82, 2.24) is 20.3 Å². The van der Waals surface area contributed by atoms with E-state index in [0.717, 1.165) is 31.9 Å². The number of para-hydroxylation sites is 1. The molecule has 1 aliphatic carbocycles. The van der Waals surface area contributed by atoms with Crippen LogP contribution in [-0.2, 0) is 17.8 Å². The van der Waals surface area contributed by atoms with Gasteiger partial charge in [-0.1, -0.05) is 24.3 Å². The highest BCUT2D eigenvalue weighted by atomic mass is 19.4. The molecule has 40 heavy (non-hydrogen) atoms. The van der Waals surface area contributed by atoms with Crippen LogP contribution in [0.5, 0.6) is 5.75 Å². The summed E-state index contributed by atoms with van der Waals surface area (Å²) < 4.78 is 42.1. The van der Waals surface area contributed by atoms with Gasteiger partial charge in [0.15, 0.2) is 0 Å². The zero-order valence-electron chi connectivity index (χ0n) is 21.4. The predicted octanol–water partition coefficient (Wildman–Crippen LogP) is 4.62. The summed E-state index contributed by atoms with van der Waals surface area (Å²) in [5.74, 6) is -0.223. The smallest absolute Gasteiger partial charge is 0.405 e. The number of rotatable bonds is 11. The Morgan fingerprint density at radius 1 is 1.05 bits per heavy atom. The summed E-state index contributed by atoms with van der Waals surface area (Å²) in [6.45, 7) is 0.327. The number of anilines is 2. The Hall–Kier alpha value is -4.49. The molecule has 0 unspecified atom stereocenters. The van der Waals surface area contributed by atoms with Crippen LogP contribution in [0.1, 0.15) is 36.9 Å². The van der Waals surface area contributed by atoms with Crippen LogP contribution >= 0.6 is 0 Å². The van der Waals surface area contributed by atoms with Crippen molar-refractivity contribution in [2.45, 2.75) is 51.1 Å². The number of benzene rings is 1. The Balaban J connectivity index is 1.30. The van der Waals surface area contributed by atoms with E-state index in [2.05, 4.69) is 35.6 Å². The van der Waals surface area contributed by atoms with Crippen LogP contribution < -0.4 is 20.7 Å². The molecular formula is C26H28F3N7O4. The second-order valence-electron chi connectivity index (χ2n) is 9.36. The Morgan fingerprint density at radius 2 is 1.80 bits per heavy atom. The highest BCUT2D eigenvalue weighted by Gasteiger charge is 2.32. The normalized spacial score (nSPS) is 17.1. The van der Waals surface area contributed by atoms with E-state index in [9.17, 15) is 28.1 Å². The van der Waals surface area contributed by atoms with Gasteiger partial charge in [-0.05, 0) is 49.8 Å². The molecule has 212 valence electrons. The molecule has 1 aromatic carbocycles. The second-order valence-corrected chi connectivity index (χ2v) is 9.36. The van der Waals surface area contributed by atoms with E-state index in [1.165, 1.54) is 18.2 Å². The summed E-state index contributed by atoms with van der Waals surface area (Å²) in [6, 6.07) is 11.1. The molecule has 0 aliphatic heterocycles. The predicted molar refractivity (Wildman–Crippen MR) is 139 cm³/mol. The lowest BCUT2D eigenvalue weighted by atomic mass is 9.86. The lowest BCUT2D eigenvalue weighted by Gasteiger charge is -2.29. The molecule has 0 atom stereocenters. The van der Waals surface area contributed by atoms with Crippen LogP contribution in [0.25, 0.3) is 0 Å². The first-order valence-corrected chi connectivity index (χ1v) is 12.7. The molecule has 11 nitrogen and oxygen atoms in total. The van der Waals surface area contributed by atoms with Gasteiger partial charge < -0.3 is 20.7 Å². The molecule has 2 heterocycles. The largest absolute Gasteiger partial charge is 0.573 e. The molecule has 4 rings (SSSR count). The number of ether oxygens (including phenoxy) is 1. The van der Waals surface area contributed by atoms with Crippen molar-refractivity contribution < 1.29 is 27.6 Å². The standard InChI is InChI=1S/C26H28F3N7O4/c27-26(28,29)40-22-7-2-1-5-18(22)15-32-25-33-16-21(36(38)39)24(35-25)31-14-17-8-10-19(11-9-17)34-23(37)13-20-6-3-4-12-30-20/h1-7,12,16-17,19H,8-11,13-15H2,(H,34,37)(H2,31,32,33,35). The zero-order valence-corrected chi connectivity index (χ0v) is 21.4. The number of carbonyl (C=O) groups excluding carboxylic acids is 1. The van der Waals surface area contributed by atoms with Crippen LogP contribution in [0.15, 0.2) is 54.9 Å². The molecule has 3 aromatic rings. The van der Waals surface area contributed by atoms with Gasteiger partial charge in [-0.25, -0.2) is 4.98 Å². The van der Waals surface area contributed by atoms with Crippen LogP contribution in [0.2, 0.25) is 0 Å². The van der Waals surface area contributed by atoms with Crippen LogP contribution in [0.4, 0.5) is 30.6 Å². The summed E-state index contributed by atoms with van der Waals surface area (Å²) in [4.78, 5) is 35.5. The molecule has 0 radical (unpaired) electrons. The fourth-order valence-corrected chi connectivity index (χ4v) is 4.47. The lowest BCUT2D eigenvalue weighted by Crippen LogP contribution is -2.39. The van der Waals surface area contributed by atoms with Crippen LogP contribution in [0, 0.1) is 16.0 Å². The molecule has 1 amide bonds. The van der Waals surface area contributed by atoms with Gasteiger partial charge >= 0.3 is 12.0 Å². The van der Waals surface area contributed by atoms with Gasteiger partial charge in [-0.2, -0.15) is 4.98 Å². The molecular weight excluding hydrogens is 531 g/mol. The number of alkyl halides is 3. The summed E-state index contributed by atoms with van der Waals surface area (Å²) in [5, 5.41) is 20.4. The first-order valence-electron chi connectivity index (χ1n) is 12.7. The molecule has 2 aromatic heterocycles. The minimum absolute atomic E-state index is 0.00751. The number of pyridine rings is 1. The second kappa shape index (κ2) is 13.0. The molecule has 1 fully saturated rings. The number of carbonyl (C=O) groups is 1. The van der Waals surface area contributed by atoms with Crippen molar-refractivity contribution in [3.8, 4) is 5.75 Å². The number of nitrogens with one attached hydrogen (secondary N) is 3. The average Bonchev–Trinajstić information content (AvgIpc) is 2.92. The van der Waals surface area contributed by atoms with Gasteiger partial charge in [0.05, 0.1) is 11.3 Å². The van der Waals surface area contributed by atoms with Crippen molar-refractivity contribution in [3.05, 3.63) is 76.2 Å². The SMILES string of the molecule is O=C(Cc1ccccn1)NC1CCC(CNc2nc(NCc3ccccc3OC(F)(F)F)ncc2[N+](=O)[O-])CC1. The topological polar surface area (TPSA) is 144 Å². The van der Waals surface area contributed by atoms with E-state index in [-0.39, 0.29) is 59.6 Å². The van der Waals surface area contributed by atoms with Gasteiger partial charge in [0.25, 0.3) is 0 Å². The Kier molecular flexibility index (Phi) is 9.30. The number of nitro groups is 1. The third-order valence-corrected chi connectivity index (χ3v) is 6.44. The number of aromatic nitrogens is 3. The van der Waals surface area contributed by atoms with Gasteiger partial charge in [-0.15, -0.1) is 13.2 Å². The molecule has 3 N–H and O–H groups in total. The fourth-order valence-electron chi connectivity index (χ4n) is 4.47. The first-order chi connectivity index (χ1) is 19.2. The van der Waals surface area contributed by atoms with Gasteiger partial charge in [0, 0.05) is 36.6 Å². The molecule has 1 saturated carbocycles. The Bertz CT molecular complexity index is 1300. The highest BCUT2D eigenvalue weighted by Crippen LogP contribution is 2.29. The summed E-state index contributed by atoms with van der Waals surface area (Å²) >= 11 is 0. The quantitative estimate of drug-likeness (QED) is 0.226. The van der Waals surface area contributed by atoms with E-state index < -0.39 is 11.3 Å². The van der Waals surface area contributed by atoms with E-state index >= 15 is 0 Å². The highest BCUT2D eigenvalue weighted by molar-refractivity contribution is 5.78. The number of nitrogens with zero attached hydrogens (tertiary/aromatic N) is 4. The maximum atomic E-state index is 12.7. The van der Waals surface area contributed by atoms with E-state index in [0.29, 0.717) is 12.2 Å². The third-order valence-electron chi connectivity index (χ3n) is 6.44. The van der Waals surface area contributed by atoms with Crippen molar-refractivity contribution in [1.29, 1.82) is 0 Å². The van der Waals surface area contributed by atoms with Crippen LogP contribution in [0.3, 0.4) is 0 Å². The van der Waals surface area contributed by atoms with Crippen molar-refractivity contribution in [2.24, 2.45) is 5.92 Å². The average molecular weight is 560 g/mol. The minimum Gasteiger partial charge on any atom is -0.405 e. The van der Waals surface area contributed by atoms with Crippen molar-refractivity contribution in [3.63, 3.8) is 0 Å². The van der Waals surface area contributed by atoms with E-state index in [1.807, 2.05) is 6.07 Å². The van der Waals surface area contributed by atoms with E-state index in [4.69, 9.17) is 0 Å². The fraction of sp³-hybridized carbons (Fsp3) is 0.385. The van der Waals surface area contributed by atoms with Gasteiger partial charge in [0.2, 0.25) is 17.7 Å². The number of amides is 1. The molecule has 0 saturated heterocycles. The van der Waals surface area contributed by atoms with Gasteiger partial charge in [0.1, 0.15) is 11.9 Å². The van der Waals surface area contributed by atoms with Crippen LogP contribution in [-0.4, -0.2) is 44.7 Å². The lowest BCUT2D eigenvalue weighted by molar-refractivity contribution is -0.384. The molecule has 14 heteroatoms. The minimum atomic E-state index is -4.85. The number of hydrogen-bond acceptors (Lipinski definition) is 9. The first kappa shape index (κ1) is 28.5. The maximum absolute atomic E-state index is 12.7. The monoisotopic (exact) mass is 559 g/mol. The Labute approximate surface area is 227 Å². The molecule has 1 aliphatic rings.